The number of nitrogens with zero attached hydrogens (tertiary/aromatic N) is 1. The molecule has 1 aromatic rings. The van der Waals surface area contributed by atoms with E-state index in [4.69, 9.17) is 4.74 Å². The Hall–Kier alpha value is -2.08. The molecule has 1 heterocycles. The second kappa shape index (κ2) is 6.13. The first kappa shape index (κ1) is 15.3. The van der Waals surface area contributed by atoms with Crippen LogP contribution in [0.4, 0.5) is 4.79 Å². The highest BCUT2D eigenvalue weighted by Crippen LogP contribution is 2.35. The van der Waals surface area contributed by atoms with Crippen LogP contribution in [-0.4, -0.2) is 45.4 Å². The number of benzene rings is 1. The van der Waals surface area contributed by atoms with E-state index in [1.807, 2.05) is 30.3 Å². The van der Waals surface area contributed by atoms with Crippen LogP contribution >= 0.6 is 0 Å². The van der Waals surface area contributed by atoms with Gasteiger partial charge in [-0.05, 0) is 25.3 Å². The molecule has 0 saturated carbocycles. The monoisotopic (exact) mass is 293 g/mol. The summed E-state index contributed by atoms with van der Waals surface area (Å²) in [5.74, 6) is -1.15. The van der Waals surface area contributed by atoms with Crippen LogP contribution in [0.1, 0.15) is 25.3 Å². The van der Waals surface area contributed by atoms with Crippen LogP contribution in [0.3, 0.4) is 0 Å². The second-order valence-electron chi connectivity index (χ2n) is 5.36. The average molecular weight is 293 g/mol. The molecule has 21 heavy (non-hydrogen) atoms. The van der Waals surface area contributed by atoms with Gasteiger partial charge >= 0.3 is 12.1 Å². The summed E-state index contributed by atoms with van der Waals surface area (Å²) in [5.41, 5.74) is -0.564. The minimum absolute atomic E-state index is 0.145. The maximum atomic E-state index is 11.6. The van der Waals surface area contributed by atoms with Crippen molar-refractivity contribution in [1.29, 1.82) is 0 Å². The minimum Gasteiger partial charge on any atom is -0.479 e. The van der Waals surface area contributed by atoms with Crippen molar-refractivity contribution in [2.24, 2.45) is 0 Å². The molecular formula is C15H19NO5. The van der Waals surface area contributed by atoms with Gasteiger partial charge in [0.1, 0.15) is 0 Å². The van der Waals surface area contributed by atoms with Crippen LogP contribution in [0, 0.1) is 0 Å². The Morgan fingerprint density at radius 3 is 2.57 bits per heavy atom. The maximum Gasteiger partial charge on any atom is 0.408 e. The fraction of sp³-hybridized carbons (Fsp3) is 0.467. The van der Waals surface area contributed by atoms with Crippen molar-refractivity contribution in [3.8, 4) is 0 Å². The van der Waals surface area contributed by atoms with Crippen LogP contribution in [0.2, 0.25) is 0 Å². The van der Waals surface area contributed by atoms with Crippen molar-refractivity contribution in [3.05, 3.63) is 35.9 Å². The zero-order chi connectivity index (χ0) is 15.5. The number of carboxylic acid groups (broad SMARTS) is 2. The largest absolute Gasteiger partial charge is 0.479 e. The van der Waals surface area contributed by atoms with Gasteiger partial charge in [0.25, 0.3) is 0 Å². The van der Waals surface area contributed by atoms with Gasteiger partial charge in [-0.1, -0.05) is 30.3 Å². The predicted octanol–water partition coefficient (Wildman–Crippen LogP) is 2.19. The lowest BCUT2D eigenvalue weighted by Gasteiger charge is -2.34. The average Bonchev–Trinajstić information content (AvgIpc) is 2.78. The highest BCUT2D eigenvalue weighted by Gasteiger charge is 2.53. The summed E-state index contributed by atoms with van der Waals surface area (Å²) in [6.07, 6.45) is -0.427. The lowest BCUT2D eigenvalue weighted by molar-refractivity contribution is -0.153. The van der Waals surface area contributed by atoms with Crippen LogP contribution in [0.5, 0.6) is 0 Å². The minimum atomic E-state index is -1.49. The van der Waals surface area contributed by atoms with Gasteiger partial charge in [-0.15, -0.1) is 0 Å². The van der Waals surface area contributed by atoms with E-state index in [-0.39, 0.29) is 25.7 Å². The van der Waals surface area contributed by atoms with Crippen molar-refractivity contribution in [2.45, 2.75) is 38.0 Å². The number of carbonyl (C=O) groups is 2. The fourth-order valence-electron chi connectivity index (χ4n) is 2.82. The lowest BCUT2D eigenvalue weighted by Crippen LogP contribution is -2.57. The van der Waals surface area contributed by atoms with E-state index in [0.29, 0.717) is 6.42 Å². The molecule has 0 aromatic heterocycles. The Labute approximate surface area is 122 Å². The number of likely N-dealkylation sites (tertiary alicyclic amines) is 1. The van der Waals surface area contributed by atoms with Crippen molar-refractivity contribution >= 4 is 12.1 Å². The van der Waals surface area contributed by atoms with Crippen LogP contribution in [0.15, 0.2) is 30.3 Å². The smallest absolute Gasteiger partial charge is 0.408 e. The topological polar surface area (TPSA) is 87.1 Å². The quantitative estimate of drug-likeness (QED) is 0.869. The molecule has 0 spiro atoms. The number of hydrogen-bond donors (Lipinski definition) is 2. The summed E-state index contributed by atoms with van der Waals surface area (Å²) in [4.78, 5) is 24.0. The molecule has 6 heteroatoms. The van der Waals surface area contributed by atoms with Crippen molar-refractivity contribution in [1.82, 2.24) is 4.90 Å². The van der Waals surface area contributed by atoms with Gasteiger partial charge in [-0.25, -0.2) is 9.59 Å². The molecule has 1 amide bonds. The molecule has 0 radical (unpaired) electrons. The van der Waals surface area contributed by atoms with E-state index < -0.39 is 17.6 Å². The molecule has 1 aromatic carbocycles. The van der Waals surface area contributed by atoms with Gasteiger partial charge in [-0.2, -0.15) is 0 Å². The van der Waals surface area contributed by atoms with Crippen molar-refractivity contribution in [3.63, 3.8) is 0 Å². The zero-order valence-electron chi connectivity index (χ0n) is 11.9. The van der Waals surface area contributed by atoms with Gasteiger partial charge in [0, 0.05) is 6.04 Å². The normalized spacial score (nSPS) is 25.0. The Bertz CT molecular complexity index is 518. The van der Waals surface area contributed by atoms with Crippen LogP contribution < -0.4 is 0 Å². The molecule has 2 unspecified atom stereocenters. The second-order valence-corrected chi connectivity index (χ2v) is 5.36. The summed E-state index contributed by atoms with van der Waals surface area (Å²) >= 11 is 0. The summed E-state index contributed by atoms with van der Waals surface area (Å²) in [6, 6.07) is 9.05. The van der Waals surface area contributed by atoms with E-state index >= 15 is 0 Å². The molecule has 0 aliphatic carbocycles. The van der Waals surface area contributed by atoms with Crippen LogP contribution in [0.25, 0.3) is 0 Å². The summed E-state index contributed by atoms with van der Waals surface area (Å²) in [5, 5.41) is 18.8. The van der Waals surface area contributed by atoms with Crippen LogP contribution in [-0.2, 0) is 16.1 Å². The number of ether oxygens (including phenoxy) is 1. The molecule has 1 aliphatic heterocycles. The molecule has 6 nitrogen and oxygen atoms in total. The highest BCUT2D eigenvalue weighted by atomic mass is 16.5. The molecule has 2 N–H and O–H groups in total. The fourth-order valence-corrected chi connectivity index (χ4v) is 2.82. The molecular weight excluding hydrogens is 274 g/mol. The maximum absolute atomic E-state index is 11.6. The van der Waals surface area contributed by atoms with E-state index in [0.717, 1.165) is 10.5 Å². The molecule has 1 saturated heterocycles. The molecule has 2 atom stereocenters. The summed E-state index contributed by atoms with van der Waals surface area (Å²) in [6.45, 7) is 1.83. The number of aliphatic carboxylic acids is 1. The lowest BCUT2D eigenvalue weighted by atomic mass is 9.97. The van der Waals surface area contributed by atoms with Gasteiger partial charge in [0.05, 0.1) is 13.2 Å². The molecule has 0 bridgehead atoms. The SMILES string of the molecule is CC1CCC(COCc2ccccc2)(C(=O)O)N1C(=O)O. The Morgan fingerprint density at radius 2 is 2.00 bits per heavy atom. The van der Waals surface area contributed by atoms with E-state index in [1.54, 1.807) is 6.92 Å². The van der Waals surface area contributed by atoms with Gasteiger partial charge in [0.2, 0.25) is 0 Å². The van der Waals surface area contributed by atoms with E-state index in [2.05, 4.69) is 0 Å². The van der Waals surface area contributed by atoms with Crippen molar-refractivity contribution in [2.75, 3.05) is 6.61 Å². The third-order valence-electron chi connectivity index (χ3n) is 3.93. The number of amides is 1. The first-order chi connectivity index (χ1) is 9.97. The molecule has 114 valence electrons. The number of rotatable bonds is 5. The number of hydrogen-bond acceptors (Lipinski definition) is 3. The van der Waals surface area contributed by atoms with E-state index in [1.165, 1.54) is 0 Å². The van der Waals surface area contributed by atoms with Crippen molar-refractivity contribution < 1.29 is 24.5 Å². The summed E-state index contributed by atoms with van der Waals surface area (Å²) in [7, 11) is 0. The van der Waals surface area contributed by atoms with Gasteiger partial charge in [0.15, 0.2) is 5.54 Å². The number of carboxylic acids is 1. The third-order valence-corrected chi connectivity index (χ3v) is 3.93. The van der Waals surface area contributed by atoms with E-state index in [9.17, 15) is 19.8 Å². The van der Waals surface area contributed by atoms with Gasteiger partial charge in [-0.3, -0.25) is 4.90 Å². The Kier molecular flexibility index (Phi) is 4.47. The Balaban J connectivity index is 2.09. The van der Waals surface area contributed by atoms with Gasteiger partial charge < -0.3 is 14.9 Å². The molecule has 2 rings (SSSR count). The predicted molar refractivity (Wildman–Crippen MR) is 75.0 cm³/mol. The standard InChI is InChI=1S/C15H19NO5/c1-11-7-8-15(13(17)18,16(11)14(19)20)10-21-9-12-5-3-2-4-6-12/h2-6,11H,7-10H2,1H3,(H,17,18)(H,19,20). The molecule has 1 fully saturated rings. The highest BCUT2D eigenvalue weighted by molar-refractivity contribution is 5.85. The Morgan fingerprint density at radius 1 is 1.33 bits per heavy atom. The first-order valence-electron chi connectivity index (χ1n) is 6.85. The first-order valence-corrected chi connectivity index (χ1v) is 6.85. The summed E-state index contributed by atoms with van der Waals surface area (Å²) < 4.78 is 5.51. The third kappa shape index (κ3) is 3.00. The molecule has 1 aliphatic rings. The zero-order valence-corrected chi connectivity index (χ0v) is 11.9.